The van der Waals surface area contributed by atoms with Gasteiger partial charge in [0.1, 0.15) is 0 Å². The van der Waals surface area contributed by atoms with Gasteiger partial charge in [0.05, 0.1) is 6.54 Å². The molecule has 1 heterocycles. The minimum atomic E-state index is 0.120. The van der Waals surface area contributed by atoms with Crippen molar-refractivity contribution >= 4 is 5.95 Å². The maximum absolute atomic E-state index is 8.87. The van der Waals surface area contributed by atoms with E-state index in [2.05, 4.69) is 9.97 Å². The fourth-order valence-electron chi connectivity index (χ4n) is 1.41. The number of rotatable bonds is 6. The summed E-state index contributed by atoms with van der Waals surface area (Å²) in [5, 5.41) is 10.5. The number of anilines is 1. The third-order valence-electron chi connectivity index (χ3n) is 2.20. The number of para-hydroxylation sites is 1. The van der Waals surface area contributed by atoms with Crippen LogP contribution in [0.4, 0.5) is 5.95 Å². The quantitative estimate of drug-likeness (QED) is 0.744. The van der Waals surface area contributed by atoms with Gasteiger partial charge in [-0.15, -0.1) is 0 Å². The number of hydroxylamine groups is 1. The molecule has 0 aliphatic rings. The van der Waals surface area contributed by atoms with Crippen LogP contribution < -0.4 is 9.90 Å². The molecule has 0 atom stereocenters. The molecule has 0 fully saturated rings. The predicted molar refractivity (Wildman–Crippen MR) is 64.7 cm³/mol. The maximum Gasteiger partial charge on any atom is 0.236 e. The topological polar surface area (TPSA) is 61.4 Å². The molecule has 2 rings (SSSR count). The van der Waals surface area contributed by atoms with E-state index < -0.39 is 0 Å². The van der Waals surface area contributed by atoms with Gasteiger partial charge in [0.2, 0.25) is 5.95 Å². The van der Waals surface area contributed by atoms with Crippen LogP contribution in [-0.2, 0) is 0 Å². The first kappa shape index (κ1) is 11.5. The number of aromatic nitrogens is 2. The van der Waals surface area contributed by atoms with E-state index in [9.17, 15) is 0 Å². The highest BCUT2D eigenvalue weighted by molar-refractivity contribution is 5.29. The van der Waals surface area contributed by atoms with E-state index >= 15 is 0 Å². The average Bonchev–Trinajstić information content (AvgIpc) is 2.89. The van der Waals surface area contributed by atoms with E-state index in [4.69, 9.17) is 9.94 Å². The Morgan fingerprint density at radius 3 is 2.76 bits per heavy atom. The monoisotopic (exact) mass is 233 g/mol. The van der Waals surface area contributed by atoms with Crippen LogP contribution in [0.15, 0.2) is 42.7 Å². The van der Waals surface area contributed by atoms with Crippen LogP contribution >= 0.6 is 0 Å². The Balaban J connectivity index is 2.06. The van der Waals surface area contributed by atoms with Crippen molar-refractivity contribution < 1.29 is 9.94 Å². The van der Waals surface area contributed by atoms with Gasteiger partial charge in [-0.3, -0.25) is 0 Å². The van der Waals surface area contributed by atoms with Gasteiger partial charge in [0.15, 0.2) is 5.75 Å². The number of hydrogen-bond donors (Lipinski definition) is 2. The summed E-state index contributed by atoms with van der Waals surface area (Å²) >= 11 is 0. The van der Waals surface area contributed by atoms with Crippen molar-refractivity contribution in [2.24, 2.45) is 0 Å². The normalized spacial score (nSPS) is 10.2. The smallest absolute Gasteiger partial charge is 0.236 e. The van der Waals surface area contributed by atoms with Crippen molar-refractivity contribution in [2.45, 2.75) is 6.42 Å². The highest BCUT2D eigenvalue weighted by atomic mass is 16.7. The third-order valence-corrected chi connectivity index (χ3v) is 2.20. The third kappa shape index (κ3) is 3.22. The van der Waals surface area contributed by atoms with Crippen LogP contribution in [0.3, 0.4) is 0 Å². The lowest BCUT2D eigenvalue weighted by atomic mass is 10.3. The van der Waals surface area contributed by atoms with Gasteiger partial charge in [0.25, 0.3) is 0 Å². The van der Waals surface area contributed by atoms with E-state index in [0.717, 1.165) is 5.75 Å². The molecule has 5 heteroatoms. The summed E-state index contributed by atoms with van der Waals surface area (Å²) in [6.45, 7) is 0.689. The second kappa shape index (κ2) is 5.91. The van der Waals surface area contributed by atoms with Crippen molar-refractivity contribution in [3.63, 3.8) is 0 Å². The van der Waals surface area contributed by atoms with E-state index in [1.807, 2.05) is 30.3 Å². The molecule has 0 radical (unpaired) electrons. The molecule has 0 saturated heterocycles. The number of nitrogens with zero attached hydrogens (tertiary/aromatic N) is 2. The van der Waals surface area contributed by atoms with Crippen LogP contribution in [-0.4, -0.2) is 28.2 Å². The van der Waals surface area contributed by atoms with Crippen molar-refractivity contribution in [3.05, 3.63) is 42.7 Å². The van der Waals surface area contributed by atoms with Crippen molar-refractivity contribution in [1.29, 1.82) is 0 Å². The van der Waals surface area contributed by atoms with Gasteiger partial charge in [-0.1, -0.05) is 18.2 Å². The van der Waals surface area contributed by atoms with E-state index in [1.54, 1.807) is 17.5 Å². The van der Waals surface area contributed by atoms with Gasteiger partial charge < -0.3 is 14.9 Å². The number of aliphatic hydroxyl groups is 1. The fourth-order valence-corrected chi connectivity index (χ4v) is 1.41. The van der Waals surface area contributed by atoms with Crippen LogP contribution in [0, 0.1) is 0 Å². The molecule has 0 unspecified atom stereocenters. The van der Waals surface area contributed by atoms with Crippen LogP contribution in [0.2, 0.25) is 0 Å². The Hall–Kier alpha value is -2.01. The second-order valence-corrected chi connectivity index (χ2v) is 3.50. The van der Waals surface area contributed by atoms with Crippen LogP contribution in [0.5, 0.6) is 5.75 Å². The molecule has 90 valence electrons. The van der Waals surface area contributed by atoms with Crippen molar-refractivity contribution in [1.82, 2.24) is 9.97 Å². The fraction of sp³-hybridized carbons (Fsp3) is 0.250. The minimum Gasteiger partial charge on any atom is -0.396 e. The Morgan fingerprint density at radius 1 is 1.29 bits per heavy atom. The lowest BCUT2D eigenvalue weighted by Gasteiger charge is -2.21. The molecule has 0 aliphatic carbocycles. The first-order valence-corrected chi connectivity index (χ1v) is 5.51. The molecule has 2 N–H and O–H groups in total. The number of H-pyrrole nitrogens is 1. The Labute approximate surface area is 99.6 Å². The standard InChI is InChI=1S/C12H15N3O2/c16-10-4-9-15(12-13-7-8-14-12)17-11-5-2-1-3-6-11/h1-3,5-8,16H,4,9-10H2,(H,13,14). The zero-order valence-corrected chi connectivity index (χ0v) is 9.41. The van der Waals surface area contributed by atoms with Gasteiger partial charge in [-0.2, -0.15) is 5.06 Å². The summed E-state index contributed by atoms with van der Waals surface area (Å²) in [6, 6.07) is 9.48. The molecule has 0 saturated carbocycles. The molecule has 5 nitrogen and oxygen atoms in total. The molecule has 1 aromatic carbocycles. The number of aliphatic hydroxyl groups excluding tert-OH is 1. The van der Waals surface area contributed by atoms with E-state index in [0.29, 0.717) is 18.9 Å². The first-order valence-electron chi connectivity index (χ1n) is 5.51. The maximum atomic E-state index is 8.87. The molecular weight excluding hydrogens is 218 g/mol. The predicted octanol–water partition coefficient (Wildman–Crippen LogP) is 1.59. The summed E-state index contributed by atoms with van der Waals surface area (Å²) in [4.78, 5) is 12.8. The average molecular weight is 233 g/mol. The lowest BCUT2D eigenvalue weighted by Crippen LogP contribution is -2.30. The Kier molecular flexibility index (Phi) is 3.99. The van der Waals surface area contributed by atoms with Gasteiger partial charge >= 0.3 is 0 Å². The van der Waals surface area contributed by atoms with Crippen LogP contribution in [0.25, 0.3) is 0 Å². The number of imidazole rings is 1. The molecule has 1 aromatic heterocycles. The molecule has 17 heavy (non-hydrogen) atoms. The summed E-state index contributed by atoms with van der Waals surface area (Å²) in [5.41, 5.74) is 0. The summed E-state index contributed by atoms with van der Waals surface area (Å²) in [5.74, 6) is 1.36. The summed E-state index contributed by atoms with van der Waals surface area (Å²) in [7, 11) is 0. The Morgan fingerprint density at radius 2 is 2.12 bits per heavy atom. The summed E-state index contributed by atoms with van der Waals surface area (Å²) < 4.78 is 0. The van der Waals surface area contributed by atoms with Gasteiger partial charge in [-0.25, -0.2) is 4.98 Å². The highest BCUT2D eigenvalue weighted by Gasteiger charge is 2.10. The number of nitrogens with one attached hydrogen (secondary N) is 1. The molecule has 0 amide bonds. The second-order valence-electron chi connectivity index (χ2n) is 3.50. The zero-order chi connectivity index (χ0) is 11.9. The number of hydrogen-bond acceptors (Lipinski definition) is 4. The van der Waals surface area contributed by atoms with Crippen LogP contribution in [0.1, 0.15) is 6.42 Å². The Bertz CT molecular complexity index is 417. The van der Waals surface area contributed by atoms with E-state index in [1.165, 1.54) is 0 Å². The molecule has 0 bridgehead atoms. The highest BCUT2D eigenvalue weighted by Crippen LogP contribution is 2.14. The van der Waals surface area contributed by atoms with Gasteiger partial charge in [0, 0.05) is 19.0 Å². The van der Waals surface area contributed by atoms with E-state index in [-0.39, 0.29) is 6.61 Å². The number of benzene rings is 1. The van der Waals surface area contributed by atoms with Gasteiger partial charge in [-0.05, 0) is 18.6 Å². The van der Waals surface area contributed by atoms with Crippen molar-refractivity contribution in [3.8, 4) is 5.75 Å². The lowest BCUT2D eigenvalue weighted by molar-refractivity contribution is 0.240. The molecular formula is C12H15N3O2. The minimum absolute atomic E-state index is 0.120. The molecule has 2 aromatic rings. The number of aromatic amines is 1. The van der Waals surface area contributed by atoms with Crippen molar-refractivity contribution in [2.75, 3.05) is 18.2 Å². The largest absolute Gasteiger partial charge is 0.396 e. The molecule has 0 aliphatic heterocycles. The molecule has 0 spiro atoms. The summed E-state index contributed by atoms with van der Waals surface area (Å²) in [6.07, 6.45) is 4.01. The first-order chi connectivity index (χ1) is 8.40. The SMILES string of the molecule is OCCCN(Oc1ccccc1)c1ncc[nH]1. The zero-order valence-electron chi connectivity index (χ0n) is 9.41.